The van der Waals surface area contributed by atoms with Gasteiger partial charge in [-0.1, -0.05) is 17.8 Å². The molecule has 0 bridgehead atoms. The van der Waals surface area contributed by atoms with Crippen LogP contribution in [0.25, 0.3) is 22.6 Å². The minimum atomic E-state index is -0.150. The van der Waals surface area contributed by atoms with E-state index < -0.39 is 0 Å². The number of thiazole rings is 1. The maximum atomic E-state index is 12.4. The number of thioether (sulfide) groups is 1. The Morgan fingerprint density at radius 2 is 1.84 bits per heavy atom. The number of nitrogens with one attached hydrogen (secondary N) is 2. The van der Waals surface area contributed by atoms with Gasteiger partial charge in [-0.25, -0.2) is 9.97 Å². The second-order valence-corrected chi connectivity index (χ2v) is 9.12. The van der Waals surface area contributed by atoms with Crippen molar-refractivity contribution in [1.82, 2.24) is 20.2 Å². The summed E-state index contributed by atoms with van der Waals surface area (Å²) in [7, 11) is 1.63. The minimum absolute atomic E-state index is 0.150. The lowest BCUT2D eigenvalue weighted by molar-refractivity contribution is -0.113. The summed E-state index contributed by atoms with van der Waals surface area (Å²) < 4.78 is 5.17. The molecule has 32 heavy (non-hydrogen) atoms. The van der Waals surface area contributed by atoms with Gasteiger partial charge >= 0.3 is 0 Å². The van der Waals surface area contributed by atoms with Crippen molar-refractivity contribution in [3.8, 4) is 28.4 Å². The fraction of sp³-hybridized carbons (Fsp3) is 0.217. The third-order valence-electron chi connectivity index (χ3n) is 5.03. The van der Waals surface area contributed by atoms with Crippen molar-refractivity contribution in [3.63, 3.8) is 0 Å². The maximum Gasteiger partial charge on any atom is 0.236 e. The number of carbonyl (C=O) groups excluding carboxylic acids is 1. The lowest BCUT2D eigenvalue weighted by atomic mass is 9.99. The highest BCUT2D eigenvalue weighted by atomic mass is 32.2. The number of methoxy groups -OCH3 is 1. The number of hydrogen-bond acceptors (Lipinski definition) is 7. The molecule has 9 heteroatoms. The van der Waals surface area contributed by atoms with Gasteiger partial charge in [0.25, 0.3) is 0 Å². The van der Waals surface area contributed by atoms with Gasteiger partial charge in [0.05, 0.1) is 18.6 Å². The Morgan fingerprint density at radius 1 is 1.09 bits per heavy atom. The number of aromatic nitrogens is 4. The third-order valence-corrected chi connectivity index (χ3v) is 6.63. The molecule has 2 aromatic heterocycles. The maximum absolute atomic E-state index is 12.4. The molecule has 0 aliphatic rings. The van der Waals surface area contributed by atoms with Crippen LogP contribution in [0.1, 0.15) is 16.7 Å². The molecule has 2 aromatic carbocycles. The molecule has 0 atom stereocenters. The van der Waals surface area contributed by atoms with Crippen molar-refractivity contribution in [2.24, 2.45) is 0 Å². The molecule has 0 saturated carbocycles. The standard InChI is InChI=1S/C23H23N5O2S2/c1-13-9-15(3)18(10-14(13)2)19-11-31-22(24-19)25-20(29)12-32-23-26-21(27-28-23)16-5-7-17(30-4)8-6-16/h5-11H,12H2,1-4H3,(H,24,25,29)(H,26,27,28). The second-order valence-electron chi connectivity index (χ2n) is 7.32. The van der Waals surface area contributed by atoms with Crippen LogP contribution in [0.5, 0.6) is 5.75 Å². The normalized spacial score (nSPS) is 10.9. The van der Waals surface area contributed by atoms with E-state index in [-0.39, 0.29) is 11.7 Å². The monoisotopic (exact) mass is 465 g/mol. The van der Waals surface area contributed by atoms with Crippen LogP contribution in [0.3, 0.4) is 0 Å². The Labute approximate surface area is 194 Å². The van der Waals surface area contributed by atoms with E-state index in [0.29, 0.717) is 16.1 Å². The van der Waals surface area contributed by atoms with Crippen LogP contribution in [0.4, 0.5) is 5.13 Å². The zero-order valence-corrected chi connectivity index (χ0v) is 19.9. The van der Waals surface area contributed by atoms with E-state index in [1.807, 2.05) is 29.6 Å². The molecular formula is C23H23N5O2S2. The van der Waals surface area contributed by atoms with Gasteiger partial charge in [0.15, 0.2) is 11.0 Å². The molecule has 7 nitrogen and oxygen atoms in total. The van der Waals surface area contributed by atoms with E-state index in [0.717, 1.165) is 22.6 Å². The SMILES string of the molecule is COc1ccc(-c2nc(SCC(=O)Nc3nc(-c4cc(C)c(C)cc4C)cs3)n[nH]2)cc1. The van der Waals surface area contributed by atoms with E-state index in [9.17, 15) is 4.79 Å². The molecule has 2 N–H and O–H groups in total. The second kappa shape index (κ2) is 9.54. The number of hydrogen-bond donors (Lipinski definition) is 2. The lowest BCUT2D eigenvalue weighted by Gasteiger charge is -2.07. The summed E-state index contributed by atoms with van der Waals surface area (Å²) in [4.78, 5) is 21.4. The van der Waals surface area contributed by atoms with E-state index in [2.05, 4.69) is 58.4 Å². The average molecular weight is 466 g/mol. The largest absolute Gasteiger partial charge is 0.497 e. The van der Waals surface area contributed by atoms with Gasteiger partial charge < -0.3 is 10.1 Å². The molecule has 1 amide bonds. The van der Waals surface area contributed by atoms with Crippen molar-refractivity contribution >= 4 is 34.1 Å². The Bertz CT molecular complexity index is 1250. The molecular weight excluding hydrogens is 442 g/mol. The first-order chi connectivity index (χ1) is 15.4. The van der Waals surface area contributed by atoms with Gasteiger partial charge in [0, 0.05) is 16.5 Å². The first kappa shape index (κ1) is 22.0. The molecule has 0 radical (unpaired) electrons. The van der Waals surface area contributed by atoms with E-state index in [4.69, 9.17) is 4.74 Å². The molecule has 0 aliphatic carbocycles. The number of aromatic amines is 1. The first-order valence-electron chi connectivity index (χ1n) is 9.96. The number of rotatable bonds is 7. The topological polar surface area (TPSA) is 92.8 Å². The molecule has 0 unspecified atom stereocenters. The number of amides is 1. The van der Waals surface area contributed by atoms with Crippen molar-refractivity contribution in [2.75, 3.05) is 18.2 Å². The average Bonchev–Trinajstić information content (AvgIpc) is 3.45. The van der Waals surface area contributed by atoms with Crippen LogP contribution in [-0.2, 0) is 4.79 Å². The predicted octanol–water partition coefficient (Wildman–Crippen LogP) is 5.26. The van der Waals surface area contributed by atoms with Crippen LogP contribution in [-0.4, -0.2) is 38.9 Å². The fourth-order valence-electron chi connectivity index (χ4n) is 3.17. The third kappa shape index (κ3) is 5.00. The lowest BCUT2D eigenvalue weighted by Crippen LogP contribution is -2.13. The van der Waals surface area contributed by atoms with Crippen molar-refractivity contribution in [1.29, 1.82) is 0 Å². The Balaban J connectivity index is 1.35. The van der Waals surface area contributed by atoms with Gasteiger partial charge in [-0.15, -0.1) is 16.4 Å². The number of carbonyl (C=O) groups is 1. The zero-order chi connectivity index (χ0) is 22.7. The predicted molar refractivity (Wildman–Crippen MR) is 129 cm³/mol. The number of nitrogens with zero attached hydrogens (tertiary/aromatic N) is 3. The molecule has 164 valence electrons. The van der Waals surface area contributed by atoms with E-state index >= 15 is 0 Å². The quantitative estimate of drug-likeness (QED) is 0.362. The molecule has 2 heterocycles. The summed E-state index contributed by atoms with van der Waals surface area (Å²) in [5.74, 6) is 1.46. The summed E-state index contributed by atoms with van der Waals surface area (Å²) in [5.41, 5.74) is 6.51. The summed E-state index contributed by atoms with van der Waals surface area (Å²) in [6, 6.07) is 11.8. The van der Waals surface area contributed by atoms with Crippen LogP contribution < -0.4 is 10.1 Å². The fourth-order valence-corrected chi connectivity index (χ4v) is 4.49. The van der Waals surface area contributed by atoms with Gasteiger partial charge in [-0.05, 0) is 67.8 Å². The van der Waals surface area contributed by atoms with Gasteiger partial charge in [0.2, 0.25) is 11.1 Å². The van der Waals surface area contributed by atoms with Gasteiger partial charge in [-0.3, -0.25) is 9.89 Å². The summed E-state index contributed by atoms with van der Waals surface area (Å²) in [6.45, 7) is 6.27. The highest BCUT2D eigenvalue weighted by Gasteiger charge is 2.13. The van der Waals surface area contributed by atoms with Crippen molar-refractivity contribution in [3.05, 3.63) is 58.5 Å². The first-order valence-corrected chi connectivity index (χ1v) is 11.8. The molecule has 0 spiro atoms. The number of ether oxygens (including phenoxy) is 1. The summed E-state index contributed by atoms with van der Waals surface area (Å²) in [6.07, 6.45) is 0. The summed E-state index contributed by atoms with van der Waals surface area (Å²) in [5, 5.41) is 13.0. The van der Waals surface area contributed by atoms with E-state index in [1.165, 1.54) is 39.8 Å². The van der Waals surface area contributed by atoms with Crippen LogP contribution >= 0.6 is 23.1 Å². The summed E-state index contributed by atoms with van der Waals surface area (Å²) >= 11 is 2.68. The highest BCUT2D eigenvalue weighted by Crippen LogP contribution is 2.29. The molecule has 0 aliphatic heterocycles. The number of H-pyrrole nitrogens is 1. The van der Waals surface area contributed by atoms with Crippen LogP contribution in [0, 0.1) is 20.8 Å². The molecule has 0 saturated heterocycles. The molecule has 0 fully saturated rings. The van der Waals surface area contributed by atoms with E-state index in [1.54, 1.807) is 7.11 Å². The number of anilines is 1. The van der Waals surface area contributed by atoms with Crippen LogP contribution in [0.2, 0.25) is 0 Å². The number of aryl methyl sites for hydroxylation is 3. The smallest absolute Gasteiger partial charge is 0.236 e. The Hall–Kier alpha value is -3.17. The molecule has 4 aromatic rings. The zero-order valence-electron chi connectivity index (χ0n) is 18.2. The molecule has 4 rings (SSSR count). The van der Waals surface area contributed by atoms with Crippen molar-refractivity contribution in [2.45, 2.75) is 25.9 Å². The number of benzene rings is 2. The Kier molecular flexibility index (Phi) is 6.57. The van der Waals surface area contributed by atoms with Gasteiger partial charge in [-0.2, -0.15) is 0 Å². The highest BCUT2D eigenvalue weighted by molar-refractivity contribution is 7.99. The minimum Gasteiger partial charge on any atom is -0.497 e. The Morgan fingerprint density at radius 3 is 2.59 bits per heavy atom. The van der Waals surface area contributed by atoms with Gasteiger partial charge in [0.1, 0.15) is 5.75 Å². The van der Waals surface area contributed by atoms with Crippen LogP contribution in [0.15, 0.2) is 46.9 Å². The van der Waals surface area contributed by atoms with Crippen molar-refractivity contribution < 1.29 is 9.53 Å².